The molecule has 84 valence electrons. The first-order chi connectivity index (χ1) is 7.81. The van der Waals surface area contributed by atoms with Crippen LogP contribution in [0.1, 0.15) is 17.4 Å². The number of rotatable bonds is 4. The molecule has 2 rings (SSSR count). The second-order valence-electron chi connectivity index (χ2n) is 3.26. The summed E-state index contributed by atoms with van der Waals surface area (Å²) in [5, 5.41) is 3.25. The van der Waals surface area contributed by atoms with E-state index in [-0.39, 0.29) is 0 Å². The summed E-state index contributed by atoms with van der Waals surface area (Å²) in [6.07, 6.45) is 4.13. The van der Waals surface area contributed by atoms with Gasteiger partial charge in [-0.2, -0.15) is 0 Å². The van der Waals surface area contributed by atoms with Gasteiger partial charge in [0.15, 0.2) is 0 Å². The molecule has 0 amide bonds. The third-order valence-electron chi connectivity index (χ3n) is 2.25. The normalized spacial score (nSPS) is 10.3. The number of nitrogens with zero attached hydrogens (tertiary/aromatic N) is 3. The van der Waals surface area contributed by atoms with E-state index in [1.807, 2.05) is 18.6 Å². The molecular formula is C10H13N5S. The minimum atomic E-state index is 0.546. The van der Waals surface area contributed by atoms with Crippen molar-refractivity contribution in [3.63, 3.8) is 0 Å². The van der Waals surface area contributed by atoms with Crippen molar-refractivity contribution in [2.24, 2.45) is 0 Å². The summed E-state index contributed by atoms with van der Waals surface area (Å²) in [6, 6.07) is 0. The minimum absolute atomic E-state index is 0.546. The molecule has 0 fully saturated rings. The Labute approximate surface area is 97.8 Å². The van der Waals surface area contributed by atoms with E-state index in [0.29, 0.717) is 12.4 Å². The molecular weight excluding hydrogens is 222 g/mol. The number of hydrogen-bond acceptors (Lipinski definition) is 6. The SMILES string of the molecule is CCc1c(N)ncnc1NCc1cncs1. The average Bonchev–Trinajstić information content (AvgIpc) is 2.79. The molecule has 2 heterocycles. The van der Waals surface area contributed by atoms with Crippen LogP contribution >= 0.6 is 11.3 Å². The van der Waals surface area contributed by atoms with E-state index in [1.54, 1.807) is 11.3 Å². The van der Waals surface area contributed by atoms with Crippen LogP contribution in [-0.2, 0) is 13.0 Å². The molecule has 0 atom stereocenters. The van der Waals surface area contributed by atoms with Crippen molar-refractivity contribution in [1.29, 1.82) is 0 Å². The highest BCUT2D eigenvalue weighted by molar-refractivity contribution is 7.09. The van der Waals surface area contributed by atoms with Gasteiger partial charge >= 0.3 is 0 Å². The molecule has 6 heteroatoms. The van der Waals surface area contributed by atoms with Crippen LogP contribution in [0.25, 0.3) is 0 Å². The number of aromatic nitrogens is 3. The van der Waals surface area contributed by atoms with Crippen molar-refractivity contribution in [2.45, 2.75) is 19.9 Å². The smallest absolute Gasteiger partial charge is 0.134 e. The lowest BCUT2D eigenvalue weighted by molar-refractivity contribution is 1.02. The van der Waals surface area contributed by atoms with Crippen molar-refractivity contribution >= 4 is 23.0 Å². The van der Waals surface area contributed by atoms with Gasteiger partial charge < -0.3 is 11.1 Å². The zero-order valence-electron chi connectivity index (χ0n) is 8.97. The quantitative estimate of drug-likeness (QED) is 0.843. The summed E-state index contributed by atoms with van der Waals surface area (Å²) in [4.78, 5) is 13.3. The predicted molar refractivity (Wildman–Crippen MR) is 65.3 cm³/mol. The van der Waals surface area contributed by atoms with E-state index in [2.05, 4.69) is 20.3 Å². The summed E-state index contributed by atoms with van der Waals surface area (Å²) in [5.74, 6) is 1.35. The van der Waals surface area contributed by atoms with Crippen LogP contribution in [0.3, 0.4) is 0 Å². The molecule has 0 bridgehead atoms. The number of nitrogens with two attached hydrogens (primary N) is 1. The maximum atomic E-state index is 5.78. The molecule has 0 spiro atoms. The molecule has 2 aromatic heterocycles. The van der Waals surface area contributed by atoms with Gasteiger partial charge in [-0.05, 0) is 6.42 Å². The average molecular weight is 235 g/mol. The molecule has 0 aliphatic rings. The van der Waals surface area contributed by atoms with E-state index in [9.17, 15) is 0 Å². The Balaban J connectivity index is 2.12. The van der Waals surface area contributed by atoms with Crippen molar-refractivity contribution in [3.05, 3.63) is 28.5 Å². The molecule has 0 aliphatic carbocycles. The second-order valence-corrected chi connectivity index (χ2v) is 4.23. The fourth-order valence-corrected chi connectivity index (χ4v) is 1.96. The lowest BCUT2D eigenvalue weighted by atomic mass is 10.2. The Morgan fingerprint density at radius 1 is 1.44 bits per heavy atom. The van der Waals surface area contributed by atoms with E-state index < -0.39 is 0 Å². The van der Waals surface area contributed by atoms with Crippen LogP contribution in [0, 0.1) is 0 Å². The second kappa shape index (κ2) is 4.89. The lowest BCUT2D eigenvalue weighted by Gasteiger charge is -2.09. The van der Waals surface area contributed by atoms with Gasteiger partial charge in [0, 0.05) is 16.6 Å². The number of nitrogens with one attached hydrogen (secondary N) is 1. The van der Waals surface area contributed by atoms with Gasteiger partial charge in [0.2, 0.25) is 0 Å². The minimum Gasteiger partial charge on any atom is -0.383 e. The highest BCUT2D eigenvalue weighted by Crippen LogP contribution is 2.18. The molecule has 0 aromatic carbocycles. The predicted octanol–water partition coefficient (Wildman–Crippen LogP) is 1.69. The molecule has 0 saturated heterocycles. The third kappa shape index (κ3) is 2.27. The number of thiazole rings is 1. The Hall–Kier alpha value is -1.69. The van der Waals surface area contributed by atoms with Gasteiger partial charge in [-0.1, -0.05) is 6.92 Å². The van der Waals surface area contributed by atoms with Gasteiger partial charge in [0.25, 0.3) is 0 Å². The van der Waals surface area contributed by atoms with E-state index in [4.69, 9.17) is 5.73 Å². The van der Waals surface area contributed by atoms with E-state index >= 15 is 0 Å². The fourth-order valence-electron chi connectivity index (χ4n) is 1.43. The van der Waals surface area contributed by atoms with E-state index in [0.717, 1.165) is 17.8 Å². The number of nitrogen functional groups attached to an aromatic ring is 1. The molecule has 3 N–H and O–H groups in total. The molecule has 16 heavy (non-hydrogen) atoms. The maximum Gasteiger partial charge on any atom is 0.134 e. The molecule has 0 unspecified atom stereocenters. The first-order valence-corrected chi connectivity index (χ1v) is 5.89. The Bertz CT molecular complexity index is 454. The topological polar surface area (TPSA) is 76.7 Å². The Kier molecular flexibility index (Phi) is 3.31. The van der Waals surface area contributed by atoms with Crippen LogP contribution in [0.4, 0.5) is 11.6 Å². The highest BCUT2D eigenvalue weighted by Gasteiger charge is 2.06. The van der Waals surface area contributed by atoms with Crippen LogP contribution < -0.4 is 11.1 Å². The standard InChI is InChI=1S/C10H13N5S/c1-2-8-9(11)14-5-15-10(8)13-4-7-3-12-6-16-7/h3,5-6H,2,4H2,1H3,(H3,11,13,14,15). The maximum absolute atomic E-state index is 5.78. The van der Waals surface area contributed by atoms with Gasteiger partial charge in [0.05, 0.1) is 12.1 Å². The summed E-state index contributed by atoms with van der Waals surface area (Å²) in [6.45, 7) is 2.75. The first kappa shape index (κ1) is 10.8. The van der Waals surface area contributed by atoms with Crippen molar-refractivity contribution < 1.29 is 0 Å². The van der Waals surface area contributed by atoms with Gasteiger partial charge in [-0.3, -0.25) is 4.98 Å². The van der Waals surface area contributed by atoms with Crippen molar-refractivity contribution in [2.75, 3.05) is 11.1 Å². The summed E-state index contributed by atoms with van der Waals surface area (Å²) in [7, 11) is 0. The first-order valence-electron chi connectivity index (χ1n) is 5.01. The number of hydrogen-bond donors (Lipinski definition) is 2. The summed E-state index contributed by atoms with van der Waals surface area (Å²) < 4.78 is 0. The monoisotopic (exact) mass is 235 g/mol. The third-order valence-corrected chi connectivity index (χ3v) is 3.03. The summed E-state index contributed by atoms with van der Waals surface area (Å²) >= 11 is 1.61. The molecule has 0 saturated carbocycles. The molecule has 0 aliphatic heterocycles. The molecule has 0 radical (unpaired) electrons. The van der Waals surface area contributed by atoms with Gasteiger partial charge in [-0.25, -0.2) is 9.97 Å². The summed E-state index contributed by atoms with van der Waals surface area (Å²) in [5.41, 5.74) is 8.56. The molecule has 2 aromatic rings. The van der Waals surface area contributed by atoms with Crippen LogP contribution in [-0.4, -0.2) is 15.0 Å². The van der Waals surface area contributed by atoms with E-state index in [1.165, 1.54) is 11.2 Å². The van der Waals surface area contributed by atoms with Crippen molar-refractivity contribution in [3.8, 4) is 0 Å². The highest BCUT2D eigenvalue weighted by atomic mass is 32.1. The van der Waals surface area contributed by atoms with Crippen LogP contribution in [0.15, 0.2) is 18.0 Å². The fraction of sp³-hybridized carbons (Fsp3) is 0.300. The lowest BCUT2D eigenvalue weighted by Crippen LogP contribution is -2.07. The van der Waals surface area contributed by atoms with Crippen LogP contribution in [0.2, 0.25) is 0 Å². The molecule has 5 nitrogen and oxygen atoms in total. The zero-order chi connectivity index (χ0) is 11.4. The van der Waals surface area contributed by atoms with Gasteiger partial charge in [0.1, 0.15) is 18.0 Å². The Morgan fingerprint density at radius 2 is 2.31 bits per heavy atom. The zero-order valence-corrected chi connectivity index (χ0v) is 9.79. The van der Waals surface area contributed by atoms with Gasteiger partial charge in [-0.15, -0.1) is 11.3 Å². The van der Waals surface area contributed by atoms with Crippen LogP contribution in [0.5, 0.6) is 0 Å². The number of anilines is 2. The van der Waals surface area contributed by atoms with Crippen molar-refractivity contribution in [1.82, 2.24) is 15.0 Å². The largest absolute Gasteiger partial charge is 0.383 e. The Morgan fingerprint density at radius 3 is 3.00 bits per heavy atom.